The normalized spacial score (nSPS) is 15.1. The van der Waals surface area contributed by atoms with Crippen LogP contribution in [0.5, 0.6) is 5.75 Å². The SMILES string of the molecule is COC(=O)c1ccc2c(c1)C(NCc1ccccc1)c1ccccc1CO2. The molecule has 4 rings (SSSR count). The fourth-order valence-corrected chi connectivity index (χ4v) is 3.46. The molecule has 3 aromatic carbocycles. The third-order valence-electron chi connectivity index (χ3n) is 4.84. The van der Waals surface area contributed by atoms with Crippen LogP contribution in [0.4, 0.5) is 0 Å². The third-order valence-corrected chi connectivity index (χ3v) is 4.84. The first-order valence-electron chi connectivity index (χ1n) is 8.96. The zero-order valence-electron chi connectivity index (χ0n) is 15.1. The molecular weight excluding hydrogens is 338 g/mol. The number of fused-ring (bicyclic) bond motifs is 2. The molecule has 0 aromatic heterocycles. The molecule has 0 spiro atoms. The summed E-state index contributed by atoms with van der Waals surface area (Å²) in [6.07, 6.45) is 0. The van der Waals surface area contributed by atoms with Crippen LogP contribution in [0.25, 0.3) is 0 Å². The van der Waals surface area contributed by atoms with Gasteiger partial charge in [0.05, 0.1) is 18.7 Å². The lowest BCUT2D eigenvalue weighted by Crippen LogP contribution is -2.23. The average molecular weight is 359 g/mol. The van der Waals surface area contributed by atoms with Gasteiger partial charge in [-0.2, -0.15) is 0 Å². The number of methoxy groups -OCH3 is 1. The zero-order chi connectivity index (χ0) is 18.6. The maximum atomic E-state index is 12.0. The van der Waals surface area contributed by atoms with Crippen molar-refractivity contribution in [3.8, 4) is 5.75 Å². The summed E-state index contributed by atoms with van der Waals surface area (Å²) in [6.45, 7) is 1.21. The van der Waals surface area contributed by atoms with Crippen molar-refractivity contribution >= 4 is 5.97 Å². The quantitative estimate of drug-likeness (QED) is 0.708. The van der Waals surface area contributed by atoms with Crippen molar-refractivity contribution in [2.24, 2.45) is 0 Å². The van der Waals surface area contributed by atoms with Gasteiger partial charge in [0.1, 0.15) is 12.4 Å². The van der Waals surface area contributed by atoms with E-state index in [0.29, 0.717) is 18.7 Å². The van der Waals surface area contributed by atoms with Crippen molar-refractivity contribution in [3.63, 3.8) is 0 Å². The summed E-state index contributed by atoms with van der Waals surface area (Å²) in [6, 6.07) is 23.9. The Balaban J connectivity index is 1.76. The molecule has 0 aliphatic carbocycles. The third kappa shape index (κ3) is 3.57. The molecule has 1 N–H and O–H groups in total. The second-order valence-electron chi connectivity index (χ2n) is 6.53. The molecule has 4 nitrogen and oxygen atoms in total. The van der Waals surface area contributed by atoms with Crippen LogP contribution in [0.2, 0.25) is 0 Å². The summed E-state index contributed by atoms with van der Waals surface area (Å²) in [5, 5.41) is 3.64. The Morgan fingerprint density at radius 3 is 2.63 bits per heavy atom. The maximum absolute atomic E-state index is 12.0. The molecule has 1 unspecified atom stereocenters. The molecule has 1 aliphatic heterocycles. The number of carbonyl (C=O) groups excluding carboxylic acids is 1. The number of rotatable bonds is 4. The van der Waals surface area contributed by atoms with E-state index in [-0.39, 0.29) is 12.0 Å². The number of hydrogen-bond acceptors (Lipinski definition) is 4. The average Bonchev–Trinajstić information content (AvgIpc) is 2.88. The van der Waals surface area contributed by atoms with E-state index in [1.165, 1.54) is 12.7 Å². The van der Waals surface area contributed by atoms with Crippen molar-refractivity contribution in [2.45, 2.75) is 19.2 Å². The Bertz CT molecular complexity index is 953. The van der Waals surface area contributed by atoms with Crippen LogP contribution >= 0.6 is 0 Å². The molecule has 0 saturated heterocycles. The fourth-order valence-electron chi connectivity index (χ4n) is 3.46. The molecule has 0 fully saturated rings. The highest BCUT2D eigenvalue weighted by Gasteiger charge is 2.25. The lowest BCUT2D eigenvalue weighted by atomic mass is 9.93. The van der Waals surface area contributed by atoms with Crippen molar-refractivity contribution in [1.82, 2.24) is 5.32 Å². The second-order valence-corrected chi connectivity index (χ2v) is 6.53. The minimum absolute atomic E-state index is 0.0801. The van der Waals surface area contributed by atoms with E-state index in [9.17, 15) is 4.79 Å². The molecule has 27 heavy (non-hydrogen) atoms. The summed E-state index contributed by atoms with van der Waals surface area (Å²) in [4.78, 5) is 12.0. The molecule has 0 radical (unpaired) electrons. The summed E-state index contributed by atoms with van der Waals surface area (Å²) in [5.74, 6) is 0.432. The minimum atomic E-state index is -0.350. The number of nitrogens with one attached hydrogen (secondary N) is 1. The first-order valence-corrected chi connectivity index (χ1v) is 8.96. The van der Waals surface area contributed by atoms with Gasteiger partial charge in [0, 0.05) is 12.1 Å². The highest BCUT2D eigenvalue weighted by atomic mass is 16.5. The first-order chi connectivity index (χ1) is 13.3. The van der Waals surface area contributed by atoms with Gasteiger partial charge in [-0.25, -0.2) is 4.79 Å². The number of benzene rings is 3. The first kappa shape index (κ1) is 17.3. The van der Waals surface area contributed by atoms with Crippen LogP contribution in [0.1, 0.15) is 38.7 Å². The van der Waals surface area contributed by atoms with Crippen molar-refractivity contribution in [1.29, 1.82) is 0 Å². The zero-order valence-corrected chi connectivity index (χ0v) is 15.1. The van der Waals surface area contributed by atoms with Gasteiger partial charge in [-0.05, 0) is 34.9 Å². The van der Waals surface area contributed by atoms with Gasteiger partial charge in [0.15, 0.2) is 0 Å². The van der Waals surface area contributed by atoms with Crippen LogP contribution in [-0.2, 0) is 17.9 Å². The van der Waals surface area contributed by atoms with Crippen LogP contribution in [0.15, 0.2) is 72.8 Å². The van der Waals surface area contributed by atoms with Gasteiger partial charge in [0.25, 0.3) is 0 Å². The molecule has 1 atom stereocenters. The van der Waals surface area contributed by atoms with Crippen molar-refractivity contribution < 1.29 is 14.3 Å². The lowest BCUT2D eigenvalue weighted by Gasteiger charge is -2.21. The van der Waals surface area contributed by atoms with E-state index in [2.05, 4.69) is 29.6 Å². The van der Waals surface area contributed by atoms with E-state index in [1.807, 2.05) is 42.5 Å². The monoisotopic (exact) mass is 359 g/mol. The van der Waals surface area contributed by atoms with Crippen LogP contribution in [0.3, 0.4) is 0 Å². The van der Waals surface area contributed by atoms with E-state index < -0.39 is 0 Å². The molecule has 3 aromatic rings. The van der Waals surface area contributed by atoms with Gasteiger partial charge >= 0.3 is 5.97 Å². The molecule has 1 heterocycles. The molecule has 0 bridgehead atoms. The Morgan fingerprint density at radius 2 is 1.81 bits per heavy atom. The Hall–Kier alpha value is -3.11. The van der Waals surface area contributed by atoms with E-state index in [4.69, 9.17) is 9.47 Å². The molecule has 136 valence electrons. The number of ether oxygens (including phenoxy) is 2. The number of esters is 1. The number of hydrogen-bond donors (Lipinski definition) is 1. The largest absolute Gasteiger partial charge is 0.489 e. The molecule has 1 aliphatic rings. The molecule has 0 amide bonds. The summed E-state index contributed by atoms with van der Waals surface area (Å²) >= 11 is 0. The Labute approximate surface area is 158 Å². The Morgan fingerprint density at radius 1 is 1.04 bits per heavy atom. The highest BCUT2D eigenvalue weighted by molar-refractivity contribution is 5.89. The van der Waals surface area contributed by atoms with Gasteiger partial charge in [-0.1, -0.05) is 54.6 Å². The smallest absolute Gasteiger partial charge is 0.337 e. The lowest BCUT2D eigenvalue weighted by molar-refractivity contribution is 0.0600. The molecular formula is C23H21NO3. The van der Waals surface area contributed by atoms with Crippen molar-refractivity contribution in [3.05, 3.63) is 101 Å². The highest BCUT2D eigenvalue weighted by Crippen LogP contribution is 2.36. The summed E-state index contributed by atoms with van der Waals surface area (Å²) in [5.41, 5.74) is 4.96. The topological polar surface area (TPSA) is 47.6 Å². The standard InChI is InChI=1S/C23H21NO3/c1-26-23(25)17-11-12-21-20(13-17)22(24-14-16-7-3-2-4-8-16)19-10-6-5-9-18(19)15-27-21/h2-13,22,24H,14-15H2,1H3. The van der Waals surface area contributed by atoms with E-state index in [0.717, 1.165) is 22.4 Å². The van der Waals surface area contributed by atoms with Gasteiger partial charge in [0.2, 0.25) is 0 Å². The molecule has 0 saturated carbocycles. The van der Waals surface area contributed by atoms with Gasteiger partial charge in [-0.15, -0.1) is 0 Å². The van der Waals surface area contributed by atoms with Gasteiger partial charge in [-0.3, -0.25) is 0 Å². The van der Waals surface area contributed by atoms with E-state index in [1.54, 1.807) is 6.07 Å². The van der Waals surface area contributed by atoms with E-state index >= 15 is 0 Å². The molecule has 4 heteroatoms. The summed E-state index contributed by atoms with van der Waals surface area (Å²) in [7, 11) is 1.39. The van der Waals surface area contributed by atoms with Crippen LogP contribution in [-0.4, -0.2) is 13.1 Å². The second kappa shape index (κ2) is 7.64. The predicted molar refractivity (Wildman–Crippen MR) is 104 cm³/mol. The van der Waals surface area contributed by atoms with Crippen molar-refractivity contribution in [2.75, 3.05) is 7.11 Å². The maximum Gasteiger partial charge on any atom is 0.337 e. The number of carbonyl (C=O) groups is 1. The fraction of sp³-hybridized carbons (Fsp3) is 0.174. The van der Waals surface area contributed by atoms with Crippen LogP contribution in [0, 0.1) is 0 Å². The summed E-state index contributed by atoms with van der Waals surface area (Å²) < 4.78 is 10.9. The Kier molecular flexibility index (Phi) is 4.90. The predicted octanol–water partition coefficient (Wildman–Crippen LogP) is 4.24. The van der Waals surface area contributed by atoms with Crippen LogP contribution < -0.4 is 10.1 Å². The minimum Gasteiger partial charge on any atom is -0.489 e. The van der Waals surface area contributed by atoms with Gasteiger partial charge < -0.3 is 14.8 Å².